The minimum atomic E-state index is -4.03. The lowest BCUT2D eigenvalue weighted by atomic mass is 9.87. The van der Waals surface area contributed by atoms with Crippen molar-refractivity contribution in [2.75, 3.05) is 13.1 Å². The van der Waals surface area contributed by atoms with Crippen molar-refractivity contribution in [2.45, 2.75) is 56.4 Å². The third-order valence-corrected chi connectivity index (χ3v) is 8.79. The van der Waals surface area contributed by atoms with Gasteiger partial charge in [-0.1, -0.05) is 56.3 Å². The van der Waals surface area contributed by atoms with Gasteiger partial charge in [-0.05, 0) is 53.4 Å². The number of hydrogen-bond donors (Lipinski definition) is 2. The number of halogens is 1. The molecule has 11 nitrogen and oxygen atoms in total. The molecule has 1 heterocycles. The van der Waals surface area contributed by atoms with Gasteiger partial charge >= 0.3 is 18.0 Å². The van der Waals surface area contributed by atoms with Crippen molar-refractivity contribution in [3.8, 4) is 5.75 Å². The molecule has 3 aromatic rings. The van der Waals surface area contributed by atoms with Crippen molar-refractivity contribution in [1.82, 2.24) is 9.62 Å². The lowest BCUT2D eigenvalue weighted by Crippen LogP contribution is -2.64. The maximum Gasteiger partial charge on any atom is 0.410 e. The predicted molar refractivity (Wildman–Crippen MR) is 160 cm³/mol. The number of carbonyl (C=O) groups is 3. The summed E-state index contributed by atoms with van der Waals surface area (Å²) in [5.74, 6) is -1.95. The number of nitrogens with zero attached hydrogens (tertiary/aromatic N) is 1. The van der Waals surface area contributed by atoms with E-state index in [0.717, 1.165) is 5.56 Å². The second kappa shape index (κ2) is 14.1. The Labute approximate surface area is 261 Å². The average molecular weight is 643 g/mol. The summed E-state index contributed by atoms with van der Waals surface area (Å²) in [7, 11) is -4.03. The summed E-state index contributed by atoms with van der Waals surface area (Å²) < 4.78 is 58.2. The molecule has 0 bridgehead atoms. The third-order valence-electron chi connectivity index (χ3n) is 7.00. The van der Waals surface area contributed by atoms with Gasteiger partial charge in [-0.15, -0.1) is 0 Å². The first-order chi connectivity index (χ1) is 21.3. The number of hydrogen-bond acceptors (Lipinski definition) is 8. The summed E-state index contributed by atoms with van der Waals surface area (Å²) in [5.41, 5.74) is 0.0706. The van der Waals surface area contributed by atoms with Crippen LogP contribution < -0.4 is 10.1 Å². The molecule has 13 heteroatoms. The Bertz CT molecular complexity index is 1610. The second-order valence-electron chi connectivity index (χ2n) is 11.1. The number of carboxylic acids is 1. The van der Waals surface area contributed by atoms with Gasteiger partial charge in [0.05, 0.1) is 18.0 Å². The minimum Gasteiger partial charge on any atom is -0.480 e. The topological polar surface area (TPSA) is 149 Å². The number of amides is 1. The zero-order chi connectivity index (χ0) is 32.8. The van der Waals surface area contributed by atoms with Gasteiger partial charge in [0.1, 0.15) is 17.6 Å². The molecule has 0 radical (unpaired) electrons. The summed E-state index contributed by atoms with van der Waals surface area (Å²) in [6.45, 7) is 4.93. The standard InChI is InChI=1S/C32H35FN2O9S/c1-21(2)16-29(36)42-22(3)43-31(39)34-28(30(37)38)18-23-8-7-11-27(17-23)45(40,41)35-19-32(20-35,24-9-5-4-6-10-24)44-26-14-12-25(33)13-15-26/h4-15,17,21-22,28H,16,18-20H2,1-3H3,(H,34,39)(H,37,38)/t22-,28+/m1/s1. The zero-order valence-corrected chi connectivity index (χ0v) is 25.8. The van der Waals surface area contributed by atoms with Crippen LogP contribution in [0.15, 0.2) is 83.8 Å². The molecular formula is C32H35FN2O9S. The van der Waals surface area contributed by atoms with E-state index in [0.29, 0.717) is 11.3 Å². The van der Waals surface area contributed by atoms with E-state index in [1.807, 2.05) is 44.2 Å². The highest BCUT2D eigenvalue weighted by atomic mass is 32.2. The Balaban J connectivity index is 1.44. The molecule has 1 saturated heterocycles. The monoisotopic (exact) mass is 642 g/mol. The first-order valence-electron chi connectivity index (χ1n) is 14.3. The highest BCUT2D eigenvalue weighted by Crippen LogP contribution is 2.40. The summed E-state index contributed by atoms with van der Waals surface area (Å²) >= 11 is 0. The Hall–Kier alpha value is -4.49. The molecule has 3 aromatic carbocycles. The summed E-state index contributed by atoms with van der Waals surface area (Å²) in [4.78, 5) is 36.0. The van der Waals surface area contributed by atoms with Crippen LogP contribution in [-0.2, 0) is 41.1 Å². The third kappa shape index (κ3) is 8.58. The van der Waals surface area contributed by atoms with E-state index in [1.165, 1.54) is 53.7 Å². The lowest BCUT2D eigenvalue weighted by Gasteiger charge is -2.48. The molecule has 1 fully saturated rings. The smallest absolute Gasteiger partial charge is 0.410 e. The molecule has 2 atom stereocenters. The van der Waals surface area contributed by atoms with Crippen LogP contribution in [0, 0.1) is 11.7 Å². The van der Waals surface area contributed by atoms with Crippen LogP contribution in [0.5, 0.6) is 5.75 Å². The molecule has 1 amide bonds. The number of benzene rings is 3. The molecule has 240 valence electrons. The fourth-order valence-electron chi connectivity index (χ4n) is 4.80. The minimum absolute atomic E-state index is 0.0218. The number of aliphatic carboxylic acids is 1. The van der Waals surface area contributed by atoms with Crippen LogP contribution in [0.1, 0.15) is 38.3 Å². The first kappa shape index (κ1) is 33.4. The van der Waals surface area contributed by atoms with Crippen molar-refractivity contribution >= 4 is 28.1 Å². The molecule has 45 heavy (non-hydrogen) atoms. The summed E-state index contributed by atoms with van der Waals surface area (Å²) in [6, 6.07) is 18.9. The summed E-state index contributed by atoms with van der Waals surface area (Å²) in [6.07, 6.45) is -2.49. The van der Waals surface area contributed by atoms with Crippen molar-refractivity contribution in [3.05, 3.63) is 95.8 Å². The summed E-state index contributed by atoms with van der Waals surface area (Å²) in [5, 5.41) is 11.9. The van der Waals surface area contributed by atoms with Crippen molar-refractivity contribution in [1.29, 1.82) is 0 Å². The Morgan fingerprint density at radius 3 is 2.24 bits per heavy atom. The van der Waals surface area contributed by atoms with Gasteiger partial charge in [0.2, 0.25) is 16.3 Å². The molecule has 0 unspecified atom stereocenters. The highest BCUT2D eigenvalue weighted by Gasteiger charge is 2.52. The largest absolute Gasteiger partial charge is 0.480 e. The van der Waals surface area contributed by atoms with Gasteiger partial charge in [0.25, 0.3) is 0 Å². The molecule has 0 aromatic heterocycles. The molecule has 0 spiro atoms. The van der Waals surface area contributed by atoms with Crippen LogP contribution >= 0.6 is 0 Å². The molecule has 1 aliphatic heterocycles. The first-order valence-corrected chi connectivity index (χ1v) is 15.7. The Morgan fingerprint density at radius 2 is 1.62 bits per heavy atom. The normalized spacial score (nSPS) is 15.8. The quantitative estimate of drug-likeness (QED) is 0.204. The van der Waals surface area contributed by atoms with Crippen LogP contribution in [0.4, 0.5) is 9.18 Å². The number of carboxylic acid groups (broad SMARTS) is 1. The maximum atomic E-state index is 13.6. The zero-order valence-electron chi connectivity index (χ0n) is 25.0. The van der Waals surface area contributed by atoms with Gasteiger partial charge in [-0.25, -0.2) is 22.4 Å². The van der Waals surface area contributed by atoms with Gasteiger partial charge in [-0.3, -0.25) is 4.79 Å². The fraction of sp³-hybridized carbons (Fsp3) is 0.344. The molecular weight excluding hydrogens is 607 g/mol. The maximum absolute atomic E-state index is 13.6. The van der Waals surface area contributed by atoms with E-state index in [4.69, 9.17) is 14.2 Å². The van der Waals surface area contributed by atoms with E-state index in [1.54, 1.807) is 6.07 Å². The average Bonchev–Trinajstić information content (AvgIpc) is 2.95. The molecule has 2 N–H and O–H groups in total. The number of nitrogens with one attached hydrogen (secondary N) is 1. The van der Waals surface area contributed by atoms with Gasteiger partial charge < -0.3 is 24.6 Å². The Kier molecular flexibility index (Phi) is 10.5. The van der Waals surface area contributed by atoms with Crippen LogP contribution in [-0.4, -0.2) is 61.3 Å². The number of sulfonamides is 1. The van der Waals surface area contributed by atoms with Crippen molar-refractivity contribution in [3.63, 3.8) is 0 Å². The van der Waals surface area contributed by atoms with Crippen LogP contribution in [0.25, 0.3) is 0 Å². The number of esters is 1. The van der Waals surface area contributed by atoms with Gasteiger partial charge in [-0.2, -0.15) is 4.31 Å². The van der Waals surface area contributed by atoms with Crippen molar-refractivity contribution in [2.24, 2.45) is 5.92 Å². The van der Waals surface area contributed by atoms with E-state index in [2.05, 4.69) is 5.32 Å². The Morgan fingerprint density at radius 1 is 0.956 bits per heavy atom. The van der Waals surface area contributed by atoms with Crippen LogP contribution in [0.2, 0.25) is 0 Å². The van der Waals surface area contributed by atoms with Gasteiger partial charge in [0.15, 0.2) is 5.60 Å². The second-order valence-corrected chi connectivity index (χ2v) is 13.1. The van der Waals surface area contributed by atoms with E-state index >= 15 is 0 Å². The molecule has 1 aliphatic rings. The highest BCUT2D eigenvalue weighted by molar-refractivity contribution is 7.89. The molecule has 0 saturated carbocycles. The predicted octanol–water partition coefficient (Wildman–Crippen LogP) is 4.46. The molecule has 0 aliphatic carbocycles. The molecule has 4 rings (SSSR count). The van der Waals surface area contributed by atoms with E-state index in [-0.39, 0.29) is 36.7 Å². The number of alkyl carbamates (subject to hydrolysis) is 1. The van der Waals surface area contributed by atoms with E-state index < -0.39 is 51.8 Å². The number of ether oxygens (including phenoxy) is 3. The van der Waals surface area contributed by atoms with Crippen molar-refractivity contribution < 1.29 is 46.5 Å². The van der Waals surface area contributed by atoms with Crippen LogP contribution in [0.3, 0.4) is 0 Å². The number of carbonyl (C=O) groups excluding carboxylic acids is 2. The van der Waals surface area contributed by atoms with E-state index in [9.17, 15) is 32.3 Å². The fourth-order valence-corrected chi connectivity index (χ4v) is 6.41. The SMILES string of the molecule is CC(C)CC(=O)O[C@@H](C)OC(=O)N[C@@H](Cc1cccc(S(=O)(=O)N2CC(Oc3ccc(F)cc3)(c3ccccc3)C2)c1)C(=O)O. The lowest BCUT2D eigenvalue weighted by molar-refractivity contribution is -0.166. The van der Waals surface area contributed by atoms with Gasteiger partial charge in [0, 0.05) is 19.8 Å². The number of rotatable bonds is 13.